The Labute approximate surface area is 457 Å². The minimum absolute atomic E-state index is 0.606. The molecule has 0 bridgehead atoms. The molecular formula is C44H74O37. The zero-order valence-corrected chi connectivity index (χ0v) is 42.4. The molecule has 0 aromatic heterocycles. The fourth-order valence-corrected chi connectivity index (χ4v) is 10.2. The quantitative estimate of drug-likeness (QED) is 0.0479. The molecule has 81 heavy (non-hydrogen) atoms. The van der Waals surface area contributed by atoms with Gasteiger partial charge in [0, 0.05) is 0 Å². The predicted molar refractivity (Wildman–Crippen MR) is 240 cm³/mol. The van der Waals surface area contributed by atoms with Crippen molar-refractivity contribution in [3.8, 4) is 0 Å². The van der Waals surface area contributed by atoms with Gasteiger partial charge >= 0.3 is 0 Å². The number of aliphatic hydroxyl groups excluding tert-OH is 22. The minimum atomic E-state index is -2.16. The van der Waals surface area contributed by atoms with Gasteiger partial charge in [0.2, 0.25) is 0 Å². The van der Waals surface area contributed by atoms with Gasteiger partial charge in [0.1, 0.15) is 171 Å². The van der Waals surface area contributed by atoms with Crippen molar-refractivity contribution < 1.29 is 183 Å². The largest absolute Gasteiger partial charge is 0.394 e. The van der Waals surface area contributed by atoms with E-state index < -0.39 is 274 Å². The Balaban J connectivity index is 0.970. The molecule has 0 saturated carbocycles. The molecule has 37 heteroatoms. The van der Waals surface area contributed by atoms with Gasteiger partial charge in [-0.25, -0.2) is 0 Å². The van der Waals surface area contributed by atoms with Gasteiger partial charge in [0.15, 0.2) is 50.3 Å². The van der Waals surface area contributed by atoms with E-state index in [0.717, 1.165) is 0 Å². The van der Waals surface area contributed by atoms with Crippen molar-refractivity contribution in [1.82, 2.24) is 0 Å². The lowest BCUT2D eigenvalue weighted by Crippen LogP contribution is -2.64. The van der Waals surface area contributed by atoms with Crippen molar-refractivity contribution in [2.45, 2.75) is 221 Å². The highest BCUT2D eigenvalue weighted by Crippen LogP contribution is 2.36. The van der Waals surface area contributed by atoms with Crippen LogP contribution in [0.4, 0.5) is 0 Å². The zero-order chi connectivity index (χ0) is 59.0. The Hall–Kier alpha value is -1.48. The summed E-state index contributed by atoms with van der Waals surface area (Å²) in [6, 6.07) is 0. The van der Waals surface area contributed by atoms with Gasteiger partial charge in [0.05, 0.1) is 52.9 Å². The second-order valence-corrected chi connectivity index (χ2v) is 20.6. The van der Waals surface area contributed by atoms with Crippen LogP contribution in [0.5, 0.6) is 0 Å². The Morgan fingerprint density at radius 2 is 0.432 bits per heavy atom. The summed E-state index contributed by atoms with van der Waals surface area (Å²) in [6.45, 7) is -6.57. The molecule has 22 N–H and O–H groups in total. The summed E-state index contributed by atoms with van der Waals surface area (Å²) in [5.41, 5.74) is 0. The molecule has 0 unspecified atom stereocenters. The lowest BCUT2D eigenvalue weighted by molar-refractivity contribution is -0.365. The van der Waals surface area contributed by atoms with Crippen molar-refractivity contribution in [3.05, 3.63) is 0 Å². The van der Waals surface area contributed by atoms with E-state index in [1.54, 1.807) is 0 Å². The van der Waals surface area contributed by atoms with Crippen LogP contribution in [0.3, 0.4) is 0 Å². The number of aliphatic hydroxyl groups is 22. The Morgan fingerprint density at radius 1 is 0.210 bits per heavy atom. The maximum atomic E-state index is 11.7. The first-order chi connectivity index (χ1) is 38.4. The van der Waals surface area contributed by atoms with E-state index in [4.69, 9.17) is 71.1 Å². The summed E-state index contributed by atoms with van der Waals surface area (Å²) in [6.07, 6.45) is -65.4. The first-order valence-electron chi connectivity index (χ1n) is 25.8. The maximum absolute atomic E-state index is 11.7. The summed E-state index contributed by atoms with van der Waals surface area (Å²) in [4.78, 5) is 0. The van der Waals surface area contributed by atoms with Crippen molar-refractivity contribution in [1.29, 1.82) is 0 Å². The van der Waals surface area contributed by atoms with Gasteiger partial charge in [-0.05, 0) is 0 Å². The second-order valence-electron chi connectivity index (χ2n) is 20.6. The van der Waals surface area contributed by atoms with E-state index >= 15 is 0 Å². The SMILES string of the molecule is OC[C@@H]1O[C@@H](OC[C@@H]2O[C@@H](O[C@H]3[C@@H](O)[C@@H](CO)O[C@@H](OC[C@H]4O[C@@H](OC[C@H]5O[C@@H](OC[C@H]6O[C@@H](O)[C@H](O)[C@@H](O)[C@H]6O)[C@H](O)[C@@H](O[C@@H]6O[C@@H](CO)[C@H](O)[C@H]6O)[C@H]5O)[C@H](O)[C@@H](O[C@@H]5O[C@@H](CO)[C@H](O)[C@H]5O)[C@H]4O)[C@@H]3O)[C@H](O)[C@H]2O)[C@H](O)[C@H]1O. The first-order valence-corrected chi connectivity index (χ1v) is 25.8. The summed E-state index contributed by atoms with van der Waals surface area (Å²) >= 11 is 0. The highest BCUT2D eigenvalue weighted by Gasteiger charge is 2.57. The molecule has 37 nitrogen and oxygen atoms in total. The van der Waals surface area contributed by atoms with Crippen LogP contribution < -0.4 is 0 Å². The molecule has 0 radical (unpaired) electrons. The molecule has 8 rings (SSSR count). The molecule has 8 saturated heterocycles. The van der Waals surface area contributed by atoms with E-state index in [0.29, 0.717) is 0 Å². The van der Waals surface area contributed by atoms with Crippen LogP contribution in [0.25, 0.3) is 0 Å². The van der Waals surface area contributed by atoms with Crippen LogP contribution in [0.2, 0.25) is 0 Å². The smallest absolute Gasteiger partial charge is 0.187 e. The number of rotatable bonds is 22. The highest BCUT2D eigenvalue weighted by molar-refractivity contribution is 4.99. The van der Waals surface area contributed by atoms with Crippen LogP contribution in [-0.2, 0) is 71.1 Å². The van der Waals surface area contributed by atoms with Crippen LogP contribution in [-0.4, -0.2) is 386 Å². The fourth-order valence-electron chi connectivity index (χ4n) is 10.2. The molecule has 0 amide bonds. The predicted octanol–water partition coefficient (Wildman–Crippen LogP) is -15.9. The zero-order valence-electron chi connectivity index (χ0n) is 42.4. The van der Waals surface area contributed by atoms with E-state index in [-0.39, 0.29) is 0 Å². The molecule has 0 aromatic carbocycles. The highest BCUT2D eigenvalue weighted by atomic mass is 16.8. The molecule has 472 valence electrons. The molecular weight excluding hydrogens is 1120 g/mol. The minimum Gasteiger partial charge on any atom is -0.394 e. The van der Waals surface area contributed by atoms with Crippen molar-refractivity contribution in [2.75, 3.05) is 52.9 Å². The van der Waals surface area contributed by atoms with Crippen molar-refractivity contribution in [2.24, 2.45) is 0 Å². The maximum Gasteiger partial charge on any atom is 0.187 e. The van der Waals surface area contributed by atoms with Crippen molar-refractivity contribution >= 4 is 0 Å². The average Bonchev–Trinajstić information content (AvgIpc) is 4.25. The monoisotopic (exact) mass is 1190 g/mol. The standard InChI is InChI=1S/C44H74O37/c45-1-9-17(49)27(59)38(72-9)67-6-14-21(53)30(62)44(78-14)79-34-22(54)12(4-48)73-39(31(34)63)69-7-15-23(55)36(81-43-29(61)19(51)11(3-47)75-43)33(65)41(77-15)70-8-16-24(56)35(80-42-28(60)18(50)10(2-46)74-42)32(64)40(76-16)68-5-13-20(52)25(57)26(58)37(66)71-13/h9-66H,1-8H2/t9-,10-,11-,12+,13+,14-,15+,16+,17-,18-,19-,20-,21-,22-,23-,24-,25-,26+,27+,28+,29+,30+,31+,32+,33+,34-,35-,36-,37+,38+,39+,40+,41+,42-,43-,44-/m0/s1. The molecule has 0 aliphatic carbocycles. The van der Waals surface area contributed by atoms with Crippen LogP contribution in [0.15, 0.2) is 0 Å². The third kappa shape index (κ3) is 13.8. The molecule has 8 aliphatic heterocycles. The summed E-state index contributed by atoms with van der Waals surface area (Å²) in [5, 5.41) is 233. The molecule has 8 aliphatic rings. The lowest BCUT2D eigenvalue weighted by atomic mass is 9.97. The van der Waals surface area contributed by atoms with Gasteiger partial charge < -0.3 is 183 Å². The summed E-state index contributed by atoms with van der Waals surface area (Å²) < 4.78 is 83.8. The van der Waals surface area contributed by atoms with Crippen LogP contribution in [0, 0.1) is 0 Å². The molecule has 36 atom stereocenters. The number of ether oxygens (including phenoxy) is 15. The summed E-state index contributed by atoms with van der Waals surface area (Å²) in [7, 11) is 0. The Kier molecular flexibility index (Phi) is 22.7. The van der Waals surface area contributed by atoms with E-state index in [2.05, 4.69) is 0 Å². The summed E-state index contributed by atoms with van der Waals surface area (Å²) in [5.74, 6) is 0. The van der Waals surface area contributed by atoms with E-state index in [1.807, 2.05) is 0 Å². The van der Waals surface area contributed by atoms with Gasteiger partial charge in [-0.3, -0.25) is 0 Å². The first kappa shape index (κ1) is 65.5. The lowest BCUT2D eigenvalue weighted by Gasteiger charge is -2.46. The van der Waals surface area contributed by atoms with E-state index in [1.165, 1.54) is 0 Å². The number of hydrogen-bond donors (Lipinski definition) is 22. The topological polar surface area (TPSA) is 584 Å². The van der Waals surface area contributed by atoms with Gasteiger partial charge in [0.25, 0.3) is 0 Å². The van der Waals surface area contributed by atoms with Gasteiger partial charge in [-0.15, -0.1) is 0 Å². The van der Waals surface area contributed by atoms with Crippen LogP contribution >= 0.6 is 0 Å². The van der Waals surface area contributed by atoms with Crippen molar-refractivity contribution in [3.63, 3.8) is 0 Å². The van der Waals surface area contributed by atoms with Gasteiger partial charge in [-0.1, -0.05) is 0 Å². The molecule has 8 fully saturated rings. The third-order valence-electron chi connectivity index (χ3n) is 15.2. The molecule has 8 heterocycles. The normalized spacial score (nSPS) is 53.4. The fraction of sp³-hybridized carbons (Fsp3) is 1.00. The molecule has 0 spiro atoms. The van der Waals surface area contributed by atoms with Crippen LogP contribution in [0.1, 0.15) is 0 Å². The van der Waals surface area contributed by atoms with E-state index in [9.17, 15) is 112 Å². The average molecular weight is 1200 g/mol. The second kappa shape index (κ2) is 28.1. The molecule has 0 aromatic rings. The Morgan fingerprint density at radius 3 is 0.765 bits per heavy atom. The van der Waals surface area contributed by atoms with Gasteiger partial charge in [-0.2, -0.15) is 0 Å². The third-order valence-corrected chi connectivity index (χ3v) is 15.2. The Bertz CT molecular complexity index is 1920. The number of hydrogen-bond acceptors (Lipinski definition) is 37.